The number of ether oxygens (including phenoxy) is 1. The lowest BCUT2D eigenvalue weighted by atomic mass is 9.67. The van der Waals surface area contributed by atoms with Gasteiger partial charge >= 0.3 is 0 Å². The Morgan fingerprint density at radius 2 is 1.92 bits per heavy atom. The van der Waals surface area contributed by atoms with Gasteiger partial charge in [0.05, 0.1) is 16.2 Å². The Labute approximate surface area is 163 Å². The minimum atomic E-state index is 0.128. The number of hydrogen-bond acceptors (Lipinski definition) is 4. The van der Waals surface area contributed by atoms with Crippen molar-refractivity contribution < 1.29 is 9.53 Å². The van der Waals surface area contributed by atoms with Gasteiger partial charge in [0.2, 0.25) is 5.91 Å². The molecule has 1 N–H and O–H groups in total. The van der Waals surface area contributed by atoms with Crippen molar-refractivity contribution in [2.45, 2.75) is 36.2 Å². The Morgan fingerprint density at radius 3 is 2.52 bits per heavy atom. The first-order valence-electron chi connectivity index (χ1n) is 9.04. The van der Waals surface area contributed by atoms with Gasteiger partial charge in [-0.1, -0.05) is 18.0 Å². The van der Waals surface area contributed by atoms with Gasteiger partial charge in [-0.3, -0.25) is 4.79 Å². The highest BCUT2D eigenvalue weighted by molar-refractivity contribution is 8.21. The molecule has 1 saturated heterocycles. The van der Waals surface area contributed by atoms with Crippen molar-refractivity contribution in [2.24, 2.45) is 17.8 Å². The zero-order valence-electron chi connectivity index (χ0n) is 14.4. The first-order chi connectivity index (χ1) is 12.1. The Hall–Kier alpha value is -0.520. The van der Waals surface area contributed by atoms with Crippen LogP contribution in [0.2, 0.25) is 5.02 Å². The number of halogens is 1. The van der Waals surface area contributed by atoms with Gasteiger partial charge < -0.3 is 10.1 Å². The van der Waals surface area contributed by atoms with Crippen LogP contribution in [0.5, 0.6) is 5.75 Å². The monoisotopic (exact) mass is 397 g/mol. The van der Waals surface area contributed by atoms with Crippen LogP contribution in [-0.4, -0.2) is 28.6 Å². The largest absolute Gasteiger partial charge is 0.495 e. The molecule has 2 saturated carbocycles. The molecule has 1 aromatic carbocycles. The highest BCUT2D eigenvalue weighted by Gasteiger charge is 2.55. The number of amides is 1. The number of rotatable bonds is 3. The van der Waals surface area contributed by atoms with Crippen LogP contribution in [0.4, 0.5) is 5.69 Å². The lowest BCUT2D eigenvalue weighted by molar-refractivity contribution is -0.122. The maximum absolute atomic E-state index is 12.9. The molecule has 3 nitrogen and oxygen atoms in total. The van der Waals surface area contributed by atoms with Gasteiger partial charge in [0, 0.05) is 23.1 Å². The average molecular weight is 398 g/mol. The van der Waals surface area contributed by atoms with Crippen LogP contribution in [0.1, 0.15) is 32.1 Å². The molecule has 6 heteroatoms. The van der Waals surface area contributed by atoms with Gasteiger partial charge in [-0.2, -0.15) is 0 Å². The van der Waals surface area contributed by atoms with Crippen LogP contribution in [0.25, 0.3) is 0 Å². The summed E-state index contributed by atoms with van der Waals surface area (Å²) in [5, 5.41) is 3.61. The van der Waals surface area contributed by atoms with E-state index in [0.29, 0.717) is 26.7 Å². The number of hydrogen-bond donors (Lipinski definition) is 1. The van der Waals surface area contributed by atoms with Crippen LogP contribution in [-0.2, 0) is 4.79 Å². The van der Waals surface area contributed by atoms with E-state index < -0.39 is 0 Å². The third kappa shape index (κ3) is 3.28. The number of nitrogens with one attached hydrogen (secondary N) is 1. The van der Waals surface area contributed by atoms with Crippen LogP contribution < -0.4 is 10.1 Å². The molecule has 0 aromatic heterocycles. The summed E-state index contributed by atoms with van der Waals surface area (Å²) in [6.45, 7) is 0. The van der Waals surface area contributed by atoms with Gasteiger partial charge in [-0.15, -0.1) is 23.5 Å². The zero-order chi connectivity index (χ0) is 17.4. The predicted molar refractivity (Wildman–Crippen MR) is 108 cm³/mol. The lowest BCUT2D eigenvalue weighted by Gasteiger charge is -2.52. The van der Waals surface area contributed by atoms with E-state index in [0.717, 1.165) is 18.5 Å². The van der Waals surface area contributed by atoms with E-state index in [1.54, 1.807) is 19.2 Å². The van der Waals surface area contributed by atoms with Gasteiger partial charge in [-0.05, 0) is 55.7 Å². The number of carbonyl (C=O) groups is 1. The minimum absolute atomic E-state index is 0.128. The fourth-order valence-electron chi connectivity index (χ4n) is 4.81. The molecule has 3 aliphatic rings. The molecule has 1 spiro atoms. The van der Waals surface area contributed by atoms with Crippen LogP contribution in [0.15, 0.2) is 18.2 Å². The SMILES string of the molecule is COc1ccc(NC(=O)C2C[C@H]3CCC[C@H](C2)C32SCCS2)cc1Cl. The molecule has 0 radical (unpaired) electrons. The van der Waals surface area contributed by atoms with Crippen LogP contribution >= 0.6 is 35.1 Å². The molecule has 2 bridgehead atoms. The molecular formula is C19H24ClNO2S2. The molecule has 0 unspecified atom stereocenters. The summed E-state index contributed by atoms with van der Waals surface area (Å²) >= 11 is 10.5. The molecule has 25 heavy (non-hydrogen) atoms. The predicted octanol–water partition coefficient (Wildman–Crippen LogP) is 5.29. The number of methoxy groups -OCH3 is 1. The molecule has 4 rings (SSSR count). The van der Waals surface area contributed by atoms with Gasteiger partial charge in [0.15, 0.2) is 0 Å². The fraction of sp³-hybridized carbons (Fsp3) is 0.632. The maximum atomic E-state index is 12.9. The maximum Gasteiger partial charge on any atom is 0.227 e. The van der Waals surface area contributed by atoms with Crippen molar-refractivity contribution in [1.29, 1.82) is 0 Å². The van der Waals surface area contributed by atoms with Crippen molar-refractivity contribution in [3.05, 3.63) is 23.2 Å². The number of carbonyl (C=O) groups excluding carboxylic acids is 1. The molecule has 3 fully saturated rings. The molecular weight excluding hydrogens is 374 g/mol. The highest BCUT2D eigenvalue weighted by atomic mass is 35.5. The third-order valence-electron chi connectivity index (χ3n) is 5.91. The van der Waals surface area contributed by atoms with Crippen LogP contribution in [0.3, 0.4) is 0 Å². The molecule has 2 atom stereocenters. The second-order valence-corrected chi connectivity index (χ2v) is 10.7. The van der Waals surface area contributed by atoms with Crippen molar-refractivity contribution in [1.82, 2.24) is 0 Å². The van der Waals surface area contributed by atoms with E-state index in [-0.39, 0.29) is 11.8 Å². The topological polar surface area (TPSA) is 38.3 Å². The normalized spacial score (nSPS) is 30.2. The van der Waals surface area contributed by atoms with Gasteiger partial charge in [0.1, 0.15) is 5.75 Å². The van der Waals surface area contributed by atoms with E-state index in [4.69, 9.17) is 16.3 Å². The van der Waals surface area contributed by atoms with Crippen LogP contribution in [0, 0.1) is 17.8 Å². The first kappa shape index (κ1) is 17.9. The summed E-state index contributed by atoms with van der Waals surface area (Å²) in [5.41, 5.74) is 0.755. The summed E-state index contributed by atoms with van der Waals surface area (Å²) in [7, 11) is 1.59. The number of anilines is 1. The van der Waals surface area contributed by atoms with Gasteiger partial charge in [-0.25, -0.2) is 0 Å². The lowest BCUT2D eigenvalue weighted by Crippen LogP contribution is -2.48. The summed E-state index contributed by atoms with van der Waals surface area (Å²) in [6, 6.07) is 5.43. The number of thioether (sulfide) groups is 2. The van der Waals surface area contributed by atoms with Gasteiger partial charge in [0.25, 0.3) is 0 Å². The molecule has 136 valence electrons. The quantitative estimate of drug-likeness (QED) is 0.752. The second kappa shape index (κ2) is 7.24. The molecule has 2 aliphatic carbocycles. The second-order valence-electron chi connectivity index (χ2n) is 7.25. The summed E-state index contributed by atoms with van der Waals surface area (Å²) in [6.07, 6.45) is 5.97. The number of benzene rings is 1. The first-order valence-corrected chi connectivity index (χ1v) is 11.4. The average Bonchev–Trinajstić information content (AvgIpc) is 3.04. The summed E-state index contributed by atoms with van der Waals surface area (Å²) in [5.74, 6) is 4.84. The zero-order valence-corrected chi connectivity index (χ0v) is 16.8. The summed E-state index contributed by atoms with van der Waals surface area (Å²) < 4.78 is 5.59. The Bertz CT molecular complexity index is 647. The van der Waals surface area contributed by atoms with E-state index in [9.17, 15) is 4.79 Å². The smallest absolute Gasteiger partial charge is 0.227 e. The summed E-state index contributed by atoms with van der Waals surface area (Å²) in [4.78, 5) is 12.9. The van der Waals surface area contributed by atoms with Crippen molar-refractivity contribution in [3.63, 3.8) is 0 Å². The Balaban J connectivity index is 1.46. The van der Waals surface area contributed by atoms with Crippen molar-refractivity contribution in [3.8, 4) is 5.75 Å². The van der Waals surface area contributed by atoms with E-state index in [1.807, 2.05) is 6.07 Å². The van der Waals surface area contributed by atoms with E-state index in [1.165, 1.54) is 30.8 Å². The highest BCUT2D eigenvalue weighted by Crippen LogP contribution is 2.64. The van der Waals surface area contributed by atoms with E-state index >= 15 is 0 Å². The molecule has 1 aliphatic heterocycles. The Kier molecular flexibility index (Phi) is 5.18. The van der Waals surface area contributed by atoms with Crippen molar-refractivity contribution >= 4 is 46.7 Å². The molecule has 1 aromatic rings. The fourth-order valence-corrected chi connectivity index (χ4v) is 9.01. The third-order valence-corrected chi connectivity index (χ3v) is 10.2. The molecule has 1 amide bonds. The molecule has 1 heterocycles. The van der Waals surface area contributed by atoms with E-state index in [2.05, 4.69) is 28.8 Å². The standard InChI is InChI=1S/C19H24ClNO2S2/c1-23-17-6-5-15(11-16(17)20)21-18(22)12-9-13-3-2-4-14(10-12)19(13)24-7-8-25-19/h5-6,11-14H,2-4,7-10H2,1H3,(H,21,22)/t13-,14-/m1/s1. The Morgan fingerprint density at radius 1 is 1.24 bits per heavy atom. The minimum Gasteiger partial charge on any atom is -0.495 e. The van der Waals surface area contributed by atoms with Crippen molar-refractivity contribution in [2.75, 3.05) is 23.9 Å².